The molecule has 0 aliphatic heterocycles. The van der Waals surface area contributed by atoms with Crippen molar-refractivity contribution in [2.75, 3.05) is 4.90 Å². The molecule has 1 heterocycles. The number of Topliss-reactive ketones (excluding diaryl/α,β-unsaturated/α-hetero) is 1. The van der Waals surface area contributed by atoms with Gasteiger partial charge in [0.15, 0.2) is 5.78 Å². The van der Waals surface area contributed by atoms with Gasteiger partial charge >= 0.3 is 0 Å². The molecule has 98 valence electrons. The fourth-order valence-corrected chi connectivity index (χ4v) is 2.98. The summed E-state index contributed by atoms with van der Waals surface area (Å²) in [6.45, 7) is 2.58. The fraction of sp³-hybridized carbons (Fsp3) is 0.312. The van der Waals surface area contributed by atoms with E-state index in [1.165, 1.54) is 23.4 Å². The van der Waals surface area contributed by atoms with Crippen LogP contribution in [0.4, 0.5) is 5.69 Å². The number of rotatable bonds is 5. The van der Waals surface area contributed by atoms with E-state index in [1.807, 2.05) is 12.1 Å². The van der Waals surface area contributed by atoms with Gasteiger partial charge in [-0.15, -0.1) is 11.3 Å². The number of nitrogens with zero attached hydrogens (tertiary/aromatic N) is 1. The van der Waals surface area contributed by atoms with E-state index in [9.17, 15) is 4.79 Å². The summed E-state index contributed by atoms with van der Waals surface area (Å²) in [4.78, 5) is 15.2. The highest BCUT2D eigenvalue weighted by Crippen LogP contribution is 2.33. The van der Waals surface area contributed by atoms with Crippen LogP contribution in [0.3, 0.4) is 0 Å². The van der Waals surface area contributed by atoms with Gasteiger partial charge in [-0.1, -0.05) is 6.07 Å². The number of hydrogen-bond donors (Lipinski definition) is 0. The lowest BCUT2D eigenvalue weighted by Crippen LogP contribution is -2.24. The molecule has 0 amide bonds. The van der Waals surface area contributed by atoms with Gasteiger partial charge in [0, 0.05) is 22.2 Å². The first-order valence-corrected chi connectivity index (χ1v) is 7.52. The average molecular weight is 271 g/mol. The van der Waals surface area contributed by atoms with Crippen LogP contribution < -0.4 is 4.90 Å². The highest BCUT2D eigenvalue weighted by atomic mass is 32.1. The van der Waals surface area contributed by atoms with E-state index in [1.54, 1.807) is 18.3 Å². The fourth-order valence-electron chi connectivity index (χ4n) is 2.28. The molecule has 1 aromatic heterocycles. The lowest BCUT2D eigenvalue weighted by atomic mass is 10.1. The highest BCUT2D eigenvalue weighted by Gasteiger charge is 2.29. The van der Waals surface area contributed by atoms with Crippen molar-refractivity contribution in [1.29, 1.82) is 0 Å². The van der Waals surface area contributed by atoms with Crippen LogP contribution in [-0.4, -0.2) is 11.8 Å². The van der Waals surface area contributed by atoms with Crippen molar-refractivity contribution in [3.63, 3.8) is 0 Å². The predicted octanol–water partition coefficient (Wildman–Crippen LogP) is 4.12. The molecule has 19 heavy (non-hydrogen) atoms. The van der Waals surface area contributed by atoms with Gasteiger partial charge in [0.1, 0.15) is 0 Å². The van der Waals surface area contributed by atoms with Crippen molar-refractivity contribution in [2.24, 2.45) is 0 Å². The lowest BCUT2D eigenvalue weighted by molar-refractivity contribution is 0.101. The molecule has 0 unspecified atom stereocenters. The van der Waals surface area contributed by atoms with E-state index >= 15 is 0 Å². The number of carbonyl (C=O) groups is 1. The van der Waals surface area contributed by atoms with Gasteiger partial charge in [-0.25, -0.2) is 0 Å². The summed E-state index contributed by atoms with van der Waals surface area (Å²) in [6, 6.07) is 13.0. The van der Waals surface area contributed by atoms with Crippen LogP contribution in [0.15, 0.2) is 41.8 Å². The molecular weight excluding hydrogens is 254 g/mol. The number of benzene rings is 1. The van der Waals surface area contributed by atoms with Gasteiger partial charge in [0.05, 0.1) is 6.54 Å². The van der Waals surface area contributed by atoms with Gasteiger partial charge in [-0.05, 0) is 55.5 Å². The predicted molar refractivity (Wildman–Crippen MR) is 80.0 cm³/mol. The second-order valence-corrected chi connectivity index (χ2v) is 6.07. The van der Waals surface area contributed by atoms with E-state index in [0.717, 1.165) is 12.1 Å². The van der Waals surface area contributed by atoms with Crippen LogP contribution in [0.2, 0.25) is 0 Å². The average Bonchev–Trinajstić information content (AvgIpc) is 3.13. The third-order valence-corrected chi connectivity index (χ3v) is 4.36. The minimum Gasteiger partial charge on any atom is -0.363 e. The quantitative estimate of drug-likeness (QED) is 0.762. The maximum atomic E-state index is 11.3. The number of carbonyl (C=O) groups excluding carboxylic acids is 1. The van der Waals surface area contributed by atoms with E-state index in [-0.39, 0.29) is 5.78 Å². The molecule has 1 saturated carbocycles. The Hall–Kier alpha value is -1.61. The second-order valence-electron chi connectivity index (χ2n) is 5.04. The molecule has 3 rings (SSSR count). The molecule has 0 N–H and O–H groups in total. The smallest absolute Gasteiger partial charge is 0.159 e. The van der Waals surface area contributed by atoms with Crippen molar-refractivity contribution in [2.45, 2.75) is 32.4 Å². The summed E-state index contributed by atoms with van der Waals surface area (Å²) in [5, 5.41) is 2.12. The summed E-state index contributed by atoms with van der Waals surface area (Å²) in [6.07, 6.45) is 2.56. The molecule has 0 atom stereocenters. The Morgan fingerprint density at radius 2 is 2.00 bits per heavy atom. The lowest BCUT2D eigenvalue weighted by Gasteiger charge is -2.24. The number of anilines is 1. The van der Waals surface area contributed by atoms with Crippen molar-refractivity contribution in [3.05, 3.63) is 52.2 Å². The third-order valence-electron chi connectivity index (χ3n) is 3.50. The molecule has 1 aliphatic carbocycles. The number of thiophene rings is 1. The highest BCUT2D eigenvalue weighted by molar-refractivity contribution is 7.09. The second kappa shape index (κ2) is 5.17. The molecule has 2 nitrogen and oxygen atoms in total. The molecule has 0 saturated heterocycles. The van der Waals surface area contributed by atoms with Gasteiger partial charge in [-0.2, -0.15) is 0 Å². The zero-order valence-corrected chi connectivity index (χ0v) is 11.8. The van der Waals surface area contributed by atoms with Crippen LogP contribution in [0.1, 0.15) is 35.0 Å². The molecule has 1 aliphatic rings. The minimum atomic E-state index is 0.128. The molecule has 0 radical (unpaired) electrons. The first-order chi connectivity index (χ1) is 9.24. The summed E-state index contributed by atoms with van der Waals surface area (Å²) in [5.74, 6) is 0.128. The largest absolute Gasteiger partial charge is 0.363 e. The van der Waals surface area contributed by atoms with Gasteiger partial charge in [0.2, 0.25) is 0 Å². The van der Waals surface area contributed by atoms with Crippen LogP contribution in [0.25, 0.3) is 0 Å². The molecule has 3 heteroatoms. The molecule has 0 spiro atoms. The molecular formula is C16H17NOS. The van der Waals surface area contributed by atoms with Crippen LogP contribution >= 0.6 is 11.3 Å². The molecule has 1 fully saturated rings. The van der Waals surface area contributed by atoms with Gasteiger partial charge < -0.3 is 4.90 Å². The topological polar surface area (TPSA) is 20.3 Å². The van der Waals surface area contributed by atoms with Crippen LogP contribution in [-0.2, 0) is 6.54 Å². The van der Waals surface area contributed by atoms with E-state index in [0.29, 0.717) is 6.04 Å². The Balaban J connectivity index is 1.81. The minimum absolute atomic E-state index is 0.128. The zero-order valence-electron chi connectivity index (χ0n) is 11.0. The van der Waals surface area contributed by atoms with Gasteiger partial charge in [0.25, 0.3) is 0 Å². The maximum Gasteiger partial charge on any atom is 0.159 e. The van der Waals surface area contributed by atoms with Crippen molar-refractivity contribution >= 4 is 22.8 Å². The van der Waals surface area contributed by atoms with E-state index < -0.39 is 0 Å². The normalized spacial score (nSPS) is 14.4. The standard InChI is InChI=1S/C16H17NOS/c1-12(18)13-4-6-14(7-5-13)17(15-8-9-15)11-16-3-2-10-19-16/h2-7,10,15H,8-9,11H2,1H3. The molecule has 1 aromatic carbocycles. The first kappa shape index (κ1) is 12.4. The third kappa shape index (κ3) is 2.87. The van der Waals surface area contributed by atoms with E-state index in [4.69, 9.17) is 0 Å². The van der Waals surface area contributed by atoms with Crippen molar-refractivity contribution in [3.8, 4) is 0 Å². The summed E-state index contributed by atoms with van der Waals surface area (Å²) >= 11 is 1.80. The number of ketones is 1. The van der Waals surface area contributed by atoms with Crippen molar-refractivity contribution < 1.29 is 4.79 Å². The van der Waals surface area contributed by atoms with E-state index in [2.05, 4.69) is 34.5 Å². The summed E-state index contributed by atoms with van der Waals surface area (Å²) < 4.78 is 0. The Morgan fingerprint density at radius 3 is 2.53 bits per heavy atom. The summed E-state index contributed by atoms with van der Waals surface area (Å²) in [5.41, 5.74) is 2.01. The Morgan fingerprint density at radius 1 is 1.26 bits per heavy atom. The summed E-state index contributed by atoms with van der Waals surface area (Å²) in [7, 11) is 0. The Labute approximate surface area is 117 Å². The van der Waals surface area contributed by atoms with Crippen molar-refractivity contribution in [1.82, 2.24) is 0 Å². The molecule has 0 bridgehead atoms. The maximum absolute atomic E-state index is 11.3. The SMILES string of the molecule is CC(=O)c1ccc(N(Cc2cccs2)C2CC2)cc1. The monoisotopic (exact) mass is 271 g/mol. The number of hydrogen-bond acceptors (Lipinski definition) is 3. The molecule has 2 aromatic rings. The first-order valence-electron chi connectivity index (χ1n) is 6.64. The van der Waals surface area contributed by atoms with Crippen LogP contribution in [0.5, 0.6) is 0 Å². The van der Waals surface area contributed by atoms with Gasteiger partial charge in [-0.3, -0.25) is 4.79 Å². The Bertz CT molecular complexity index is 555. The Kier molecular flexibility index (Phi) is 3.38. The van der Waals surface area contributed by atoms with Crippen LogP contribution in [0, 0.1) is 0 Å². The zero-order chi connectivity index (χ0) is 13.2.